The molecule has 0 radical (unpaired) electrons. The molecule has 2 aromatic heterocycles. The number of carbonyl (C=O) groups excluding carboxylic acids is 1. The molecule has 0 saturated carbocycles. The maximum atomic E-state index is 12.1. The van der Waals surface area contributed by atoms with Crippen LogP contribution >= 0.6 is 11.6 Å². The molecule has 0 saturated heterocycles. The molecule has 6 heteroatoms. The molecule has 2 rings (SSSR count). The van der Waals surface area contributed by atoms with Crippen LogP contribution in [0.15, 0.2) is 18.5 Å². The molecule has 19 heavy (non-hydrogen) atoms. The van der Waals surface area contributed by atoms with Crippen molar-refractivity contribution in [2.75, 3.05) is 0 Å². The smallest absolute Gasteiger partial charge is 0.268 e. The number of rotatable bonds is 5. The minimum atomic E-state index is -0.124. The summed E-state index contributed by atoms with van der Waals surface area (Å²) in [6.45, 7) is 5.21. The molecule has 0 fully saturated rings. The molecule has 102 valence electrons. The maximum absolute atomic E-state index is 12.1. The number of H-pyrrole nitrogens is 1. The first-order chi connectivity index (χ1) is 9.11. The summed E-state index contributed by atoms with van der Waals surface area (Å²) in [7, 11) is 0. The molecule has 2 N–H and O–H groups in total. The van der Waals surface area contributed by atoms with Gasteiger partial charge in [0.05, 0.1) is 11.2 Å². The third kappa shape index (κ3) is 3.17. The topological polar surface area (TPSA) is 62.7 Å². The van der Waals surface area contributed by atoms with Crippen molar-refractivity contribution in [3.05, 3.63) is 40.4 Å². The fourth-order valence-electron chi connectivity index (χ4n) is 1.91. The van der Waals surface area contributed by atoms with Crippen molar-refractivity contribution in [2.45, 2.75) is 33.4 Å². The molecule has 0 aliphatic carbocycles. The molecular weight excluding hydrogens is 264 g/mol. The lowest BCUT2D eigenvalue weighted by Crippen LogP contribution is -2.25. The average molecular weight is 281 g/mol. The van der Waals surface area contributed by atoms with Gasteiger partial charge in [0, 0.05) is 30.5 Å². The van der Waals surface area contributed by atoms with Gasteiger partial charge in [-0.05, 0) is 19.4 Å². The largest absolute Gasteiger partial charge is 0.347 e. The van der Waals surface area contributed by atoms with Gasteiger partial charge in [0.2, 0.25) is 0 Å². The van der Waals surface area contributed by atoms with Gasteiger partial charge in [-0.25, -0.2) is 0 Å². The zero-order valence-corrected chi connectivity index (χ0v) is 11.8. The van der Waals surface area contributed by atoms with Gasteiger partial charge in [-0.1, -0.05) is 18.5 Å². The highest BCUT2D eigenvalue weighted by molar-refractivity contribution is 6.31. The fourth-order valence-corrected chi connectivity index (χ4v) is 2.13. The van der Waals surface area contributed by atoms with Crippen molar-refractivity contribution in [1.29, 1.82) is 0 Å². The van der Waals surface area contributed by atoms with E-state index in [1.54, 1.807) is 18.5 Å². The van der Waals surface area contributed by atoms with Crippen LogP contribution in [0.2, 0.25) is 5.02 Å². The molecule has 0 aliphatic rings. The Balaban J connectivity index is 2.05. The summed E-state index contributed by atoms with van der Waals surface area (Å²) in [4.78, 5) is 12.1. The Kier molecular flexibility index (Phi) is 4.27. The molecule has 1 amide bonds. The molecule has 2 aromatic rings. The number of halogens is 1. The van der Waals surface area contributed by atoms with Crippen molar-refractivity contribution in [3.8, 4) is 0 Å². The van der Waals surface area contributed by atoms with E-state index in [-0.39, 0.29) is 5.91 Å². The third-order valence-corrected chi connectivity index (χ3v) is 3.14. The van der Waals surface area contributed by atoms with Crippen molar-refractivity contribution in [2.24, 2.45) is 0 Å². The highest BCUT2D eigenvalue weighted by atomic mass is 35.5. The van der Waals surface area contributed by atoms with E-state index in [0.29, 0.717) is 17.3 Å². The van der Waals surface area contributed by atoms with Crippen LogP contribution in [0.5, 0.6) is 0 Å². The van der Waals surface area contributed by atoms with Crippen LogP contribution < -0.4 is 5.32 Å². The molecule has 0 aromatic carbocycles. The van der Waals surface area contributed by atoms with Gasteiger partial charge in [0.15, 0.2) is 0 Å². The number of aromatic amines is 1. The first kappa shape index (κ1) is 13.7. The average Bonchev–Trinajstić information content (AvgIpc) is 2.93. The van der Waals surface area contributed by atoms with Gasteiger partial charge in [-0.15, -0.1) is 0 Å². The second kappa shape index (κ2) is 5.93. The predicted octanol–water partition coefficient (Wildman–Crippen LogP) is 2.51. The van der Waals surface area contributed by atoms with Crippen molar-refractivity contribution >= 4 is 17.5 Å². The van der Waals surface area contributed by atoms with E-state index in [9.17, 15) is 4.79 Å². The molecular formula is C13H17ClN4O. The summed E-state index contributed by atoms with van der Waals surface area (Å²) in [5, 5.41) is 10.2. The van der Waals surface area contributed by atoms with Crippen LogP contribution in [-0.4, -0.2) is 20.7 Å². The quantitative estimate of drug-likeness (QED) is 0.884. The lowest BCUT2D eigenvalue weighted by molar-refractivity contribution is 0.0941. The van der Waals surface area contributed by atoms with Gasteiger partial charge in [0.1, 0.15) is 5.69 Å². The van der Waals surface area contributed by atoms with Crippen LogP contribution in [0.4, 0.5) is 0 Å². The lowest BCUT2D eigenvalue weighted by atomic mass is 10.2. The van der Waals surface area contributed by atoms with Gasteiger partial charge < -0.3 is 9.88 Å². The van der Waals surface area contributed by atoms with E-state index >= 15 is 0 Å². The summed E-state index contributed by atoms with van der Waals surface area (Å²) in [5.74, 6) is -0.124. The van der Waals surface area contributed by atoms with Gasteiger partial charge in [-0.3, -0.25) is 9.89 Å². The summed E-state index contributed by atoms with van der Waals surface area (Å²) in [6, 6.07) is 1.69. The normalized spacial score (nSPS) is 10.7. The Labute approximate surface area is 117 Å². The van der Waals surface area contributed by atoms with E-state index in [0.717, 1.165) is 24.2 Å². The van der Waals surface area contributed by atoms with Crippen molar-refractivity contribution < 1.29 is 4.79 Å². The molecule has 0 bridgehead atoms. The van der Waals surface area contributed by atoms with E-state index < -0.39 is 0 Å². The number of hydrogen-bond acceptors (Lipinski definition) is 2. The number of nitrogens with zero attached hydrogens (tertiary/aromatic N) is 2. The second-order valence-corrected chi connectivity index (χ2v) is 4.88. The van der Waals surface area contributed by atoms with E-state index in [1.807, 2.05) is 11.5 Å². The number of hydrogen-bond donors (Lipinski definition) is 2. The monoisotopic (exact) mass is 280 g/mol. The van der Waals surface area contributed by atoms with Crippen molar-refractivity contribution in [1.82, 2.24) is 20.1 Å². The van der Waals surface area contributed by atoms with Gasteiger partial charge in [-0.2, -0.15) is 5.10 Å². The highest BCUT2D eigenvalue weighted by Gasteiger charge is 2.13. The molecule has 0 spiro atoms. The standard InChI is InChI=1S/C13H17ClN4O/c1-3-4-18-8-11(14)5-12(18)13(19)15-6-10-7-16-17-9(10)2/h5,7-8H,3-4,6H2,1-2H3,(H,15,19)(H,16,17). The number of nitrogens with one attached hydrogen (secondary N) is 2. The van der Waals surface area contributed by atoms with E-state index in [2.05, 4.69) is 22.4 Å². The maximum Gasteiger partial charge on any atom is 0.268 e. The SMILES string of the molecule is CCCn1cc(Cl)cc1C(=O)NCc1cn[nH]c1C. The number of aryl methyl sites for hydroxylation is 2. The van der Waals surface area contributed by atoms with Crippen LogP contribution in [0.3, 0.4) is 0 Å². The Bertz CT molecular complexity index is 573. The number of amides is 1. The van der Waals surface area contributed by atoms with E-state index in [1.165, 1.54) is 0 Å². The molecule has 0 aliphatic heterocycles. The second-order valence-electron chi connectivity index (χ2n) is 4.44. The Morgan fingerprint density at radius 2 is 2.37 bits per heavy atom. The molecule has 5 nitrogen and oxygen atoms in total. The Morgan fingerprint density at radius 3 is 3.00 bits per heavy atom. The predicted molar refractivity (Wildman–Crippen MR) is 74.2 cm³/mol. The third-order valence-electron chi connectivity index (χ3n) is 2.93. The molecule has 0 unspecified atom stereocenters. The lowest BCUT2D eigenvalue weighted by Gasteiger charge is -2.08. The first-order valence-corrected chi connectivity index (χ1v) is 6.62. The molecule has 2 heterocycles. The summed E-state index contributed by atoms with van der Waals surface area (Å²) >= 11 is 5.95. The van der Waals surface area contributed by atoms with Gasteiger partial charge >= 0.3 is 0 Å². The Hall–Kier alpha value is -1.75. The highest BCUT2D eigenvalue weighted by Crippen LogP contribution is 2.15. The first-order valence-electron chi connectivity index (χ1n) is 6.24. The fraction of sp³-hybridized carbons (Fsp3) is 0.385. The minimum Gasteiger partial charge on any atom is -0.347 e. The summed E-state index contributed by atoms with van der Waals surface area (Å²) in [6.07, 6.45) is 4.45. The summed E-state index contributed by atoms with van der Waals surface area (Å²) < 4.78 is 1.87. The van der Waals surface area contributed by atoms with E-state index in [4.69, 9.17) is 11.6 Å². The van der Waals surface area contributed by atoms with Crippen LogP contribution in [0, 0.1) is 6.92 Å². The van der Waals surface area contributed by atoms with Crippen LogP contribution in [-0.2, 0) is 13.1 Å². The van der Waals surface area contributed by atoms with Gasteiger partial charge in [0.25, 0.3) is 5.91 Å². The number of aromatic nitrogens is 3. The Morgan fingerprint density at radius 1 is 1.58 bits per heavy atom. The van der Waals surface area contributed by atoms with Crippen molar-refractivity contribution in [3.63, 3.8) is 0 Å². The van der Waals surface area contributed by atoms with Crippen LogP contribution in [0.1, 0.15) is 35.1 Å². The number of carbonyl (C=O) groups is 1. The summed E-state index contributed by atoms with van der Waals surface area (Å²) in [5.41, 5.74) is 2.53. The zero-order chi connectivity index (χ0) is 13.8. The minimum absolute atomic E-state index is 0.124. The molecule has 0 atom stereocenters. The van der Waals surface area contributed by atoms with Crippen LogP contribution in [0.25, 0.3) is 0 Å². The zero-order valence-electron chi connectivity index (χ0n) is 11.0.